The third kappa shape index (κ3) is 7.43. The molecule has 4 heterocycles. The Hall–Kier alpha value is -4.33. The summed E-state index contributed by atoms with van der Waals surface area (Å²) in [5, 5.41) is 0. The summed E-state index contributed by atoms with van der Waals surface area (Å²) < 4.78 is 40.1. The largest absolute Gasteiger partial charge is 0.498 e. The van der Waals surface area contributed by atoms with Crippen molar-refractivity contribution < 1.29 is 8.63 Å². The summed E-state index contributed by atoms with van der Waals surface area (Å²) in [6, 6.07) is 29.9. The maximum atomic E-state index is 20.0. The molecular weight excluding hydrogens is 836 g/mol. The minimum absolute atomic E-state index is 0.702. The van der Waals surface area contributed by atoms with Crippen LogP contribution < -0.4 is 32.8 Å². The first-order chi connectivity index (χ1) is 29.2. The van der Waals surface area contributed by atoms with E-state index in [0.717, 1.165) is 118 Å². The van der Waals surface area contributed by atoms with Crippen LogP contribution >= 0.6 is 45.3 Å². The van der Waals surface area contributed by atoms with Crippen LogP contribution in [0.4, 0.5) is 8.63 Å². The molecule has 0 radical (unpaired) electrons. The molecule has 8 rings (SSSR count). The molecule has 0 aliphatic rings. The molecule has 0 saturated carbocycles. The van der Waals surface area contributed by atoms with Gasteiger partial charge in [0.25, 0.3) is 0 Å². The molecule has 0 saturated heterocycles. The third-order valence-corrected chi connectivity index (χ3v) is 18.0. The van der Waals surface area contributed by atoms with Crippen molar-refractivity contribution in [1.82, 2.24) is 0 Å². The van der Waals surface area contributed by atoms with Gasteiger partial charge in [-0.3, -0.25) is 0 Å². The molecule has 4 aromatic carbocycles. The topological polar surface area (TPSA) is 0 Å². The van der Waals surface area contributed by atoms with E-state index in [2.05, 4.69) is 182 Å². The van der Waals surface area contributed by atoms with Crippen LogP contribution in [0, 0.1) is 96.9 Å². The molecule has 8 aromatic rings. The lowest BCUT2D eigenvalue weighted by Gasteiger charge is -2.41. The van der Waals surface area contributed by atoms with Crippen molar-refractivity contribution in [2.45, 2.75) is 96.9 Å². The Morgan fingerprint density at radius 3 is 0.758 bits per heavy atom. The number of aryl methyl sites for hydroxylation is 14. The normalized spacial score (nSPS) is 12.2. The zero-order valence-electron chi connectivity index (χ0n) is 38.6. The smallest absolute Gasteiger partial charge is 0.236 e. The molecule has 0 atom stereocenters. The first kappa shape index (κ1) is 44.3. The molecule has 8 heteroatoms. The number of rotatable bonds is 9. The van der Waals surface area contributed by atoms with Crippen LogP contribution in [-0.2, 0) is 0 Å². The van der Waals surface area contributed by atoms with Gasteiger partial charge in [0.15, 0.2) is 0 Å². The zero-order valence-corrected chi connectivity index (χ0v) is 41.9. The van der Waals surface area contributed by atoms with Gasteiger partial charge in [-0.2, -0.15) is 21.9 Å². The highest BCUT2D eigenvalue weighted by atomic mass is 32.1. The second-order valence-electron chi connectivity index (χ2n) is 18.4. The van der Waals surface area contributed by atoms with Crippen LogP contribution in [0.5, 0.6) is 0 Å². The molecule has 0 aliphatic carbocycles. The van der Waals surface area contributed by atoms with Crippen molar-refractivity contribution in [3.8, 4) is 29.3 Å². The van der Waals surface area contributed by atoms with Gasteiger partial charge >= 0.3 is 0 Å². The average molecular weight is 893 g/mol. The van der Waals surface area contributed by atoms with E-state index in [9.17, 15) is 0 Å². The van der Waals surface area contributed by atoms with Gasteiger partial charge in [-0.25, -0.2) is 0 Å². The first-order valence-corrected chi connectivity index (χ1v) is 24.9. The summed E-state index contributed by atoms with van der Waals surface area (Å²) in [4.78, 5) is 8.24. The number of halogens is 2. The van der Waals surface area contributed by atoms with Crippen LogP contribution in [0.2, 0.25) is 0 Å². The van der Waals surface area contributed by atoms with Gasteiger partial charge in [-0.1, -0.05) is 127 Å². The van der Waals surface area contributed by atoms with E-state index in [0.29, 0.717) is 10.9 Å². The third-order valence-electron chi connectivity index (χ3n) is 13.1. The summed E-state index contributed by atoms with van der Waals surface area (Å²) in [5.41, 5.74) is 16.6. The number of hydrogen-bond acceptors (Lipinski definition) is 4. The molecule has 0 unspecified atom stereocenters. The highest BCUT2D eigenvalue weighted by Gasteiger charge is 2.41. The molecular formula is C54H56B2F2S4-2. The maximum absolute atomic E-state index is 20.0. The molecule has 62 heavy (non-hydrogen) atoms. The SMILES string of the molecule is Cc1cc(C)c([B-](F)(c2cc(-c3cc([B-](F)(c4c(C)cc(C)cc4C)c4c(C)cc(C)cc4C)c(-c4ccc(C)s4)s3)sc2-c2ccc(C)s2)c2c(C)cc(C)cc2C)c(C)c1. The van der Waals surface area contributed by atoms with E-state index in [1.54, 1.807) is 45.3 Å². The number of benzene rings is 4. The predicted molar refractivity (Wildman–Crippen MR) is 278 cm³/mol. The van der Waals surface area contributed by atoms with E-state index in [4.69, 9.17) is 0 Å². The Kier molecular flexibility index (Phi) is 11.7. The van der Waals surface area contributed by atoms with Crippen molar-refractivity contribution in [3.63, 3.8) is 0 Å². The van der Waals surface area contributed by atoms with Crippen LogP contribution in [-0.4, -0.2) is 12.8 Å². The van der Waals surface area contributed by atoms with Crippen LogP contribution in [0.3, 0.4) is 0 Å². The van der Waals surface area contributed by atoms with Crippen molar-refractivity contribution in [3.05, 3.63) is 161 Å². The monoisotopic (exact) mass is 892 g/mol. The van der Waals surface area contributed by atoms with Gasteiger partial charge in [-0.15, -0.1) is 56.3 Å². The first-order valence-electron chi connectivity index (χ1n) is 21.6. The summed E-state index contributed by atoms with van der Waals surface area (Å²) in [6.45, 7) is 29.2. The molecule has 318 valence electrons. The van der Waals surface area contributed by atoms with Crippen molar-refractivity contribution in [2.24, 2.45) is 0 Å². The predicted octanol–water partition coefficient (Wildman–Crippen LogP) is 13.1. The second-order valence-corrected chi connectivity index (χ2v) is 23.1. The van der Waals surface area contributed by atoms with E-state index in [1.807, 2.05) is 0 Å². The van der Waals surface area contributed by atoms with Crippen molar-refractivity contribution in [1.29, 1.82) is 0 Å². The van der Waals surface area contributed by atoms with E-state index in [-0.39, 0.29) is 0 Å². The van der Waals surface area contributed by atoms with Crippen molar-refractivity contribution in [2.75, 3.05) is 0 Å². The van der Waals surface area contributed by atoms with Crippen LogP contribution in [0.25, 0.3) is 29.3 Å². The molecule has 4 aromatic heterocycles. The molecule has 0 aliphatic heterocycles. The fourth-order valence-corrected chi connectivity index (χ4v) is 15.9. The van der Waals surface area contributed by atoms with E-state index in [1.165, 1.54) is 9.75 Å². The van der Waals surface area contributed by atoms with Crippen LogP contribution in [0.15, 0.2) is 84.9 Å². The molecule has 0 amide bonds. The summed E-state index contributed by atoms with van der Waals surface area (Å²) in [6.07, 6.45) is -5.99. The molecule has 0 fully saturated rings. The minimum atomic E-state index is -3.00. The fraction of sp³-hybridized carbons (Fsp3) is 0.259. The van der Waals surface area contributed by atoms with Gasteiger partial charge in [0.05, 0.1) is 0 Å². The summed E-state index contributed by atoms with van der Waals surface area (Å²) in [5.74, 6) is 0. The van der Waals surface area contributed by atoms with Crippen molar-refractivity contribution >= 4 is 91.0 Å². The fourth-order valence-electron chi connectivity index (χ4n) is 11.3. The van der Waals surface area contributed by atoms with Gasteiger partial charge in [0, 0.05) is 39.0 Å². The van der Waals surface area contributed by atoms with E-state index >= 15 is 8.63 Å². The lowest BCUT2D eigenvalue weighted by atomic mass is 9.28. The maximum Gasteiger partial charge on any atom is 0.236 e. The Morgan fingerprint density at radius 2 is 0.548 bits per heavy atom. The van der Waals surface area contributed by atoms with E-state index < -0.39 is 12.8 Å². The Morgan fingerprint density at radius 1 is 0.306 bits per heavy atom. The van der Waals surface area contributed by atoms with Gasteiger partial charge in [0.1, 0.15) is 0 Å². The van der Waals surface area contributed by atoms with Gasteiger partial charge < -0.3 is 8.63 Å². The highest BCUT2D eigenvalue weighted by Crippen LogP contribution is 2.44. The summed E-state index contributed by atoms with van der Waals surface area (Å²) in [7, 11) is 0. The molecule has 0 nitrogen and oxygen atoms in total. The Bertz CT molecular complexity index is 2650. The lowest BCUT2D eigenvalue weighted by molar-refractivity contribution is 0.838. The standard InChI is InChI=1S/C54H56B2F2S4/c1-29-19-33(5)49(34(6)20-29)55(57,50-35(7)21-30(2)22-36(50)8)43-27-47(61-53(43)45-17-15-41(13)59-45)48-28-44(54(62-48)46-18-16-42(14)60-46)56(58,51-37(9)23-31(3)24-38(51)10)52-39(11)25-32(4)26-40(52)12/h15-28H,1-14H3/q-2. The molecule has 0 N–H and O–H groups in total. The average Bonchev–Trinajstić information content (AvgIpc) is 3.96. The Balaban J connectivity index is 1.50. The lowest BCUT2D eigenvalue weighted by Crippen LogP contribution is -2.67. The molecule has 0 spiro atoms. The van der Waals surface area contributed by atoms with Gasteiger partial charge in [-0.05, 0) is 121 Å². The highest BCUT2D eigenvalue weighted by molar-refractivity contribution is 7.31. The number of thiophene rings is 4. The quantitative estimate of drug-likeness (QED) is 0.127. The second kappa shape index (κ2) is 16.3. The Labute approximate surface area is 384 Å². The number of hydrogen-bond donors (Lipinski definition) is 0. The zero-order chi connectivity index (χ0) is 44.7. The molecule has 0 bridgehead atoms. The van der Waals surface area contributed by atoms with Gasteiger partial charge in [0.2, 0.25) is 12.8 Å². The minimum Gasteiger partial charge on any atom is -0.498 e. The summed E-state index contributed by atoms with van der Waals surface area (Å²) >= 11 is 6.72. The van der Waals surface area contributed by atoms with Crippen LogP contribution in [0.1, 0.15) is 76.5 Å².